The van der Waals surface area contributed by atoms with Gasteiger partial charge in [0.2, 0.25) is 0 Å². The summed E-state index contributed by atoms with van der Waals surface area (Å²) in [6.45, 7) is 1.25. The third-order valence-electron chi connectivity index (χ3n) is 2.07. The third-order valence-corrected chi connectivity index (χ3v) is 2.07. The molecule has 18 heavy (non-hydrogen) atoms. The van der Waals surface area contributed by atoms with Crippen LogP contribution < -0.4 is 0 Å². The average molecular weight is 254 g/mol. The lowest BCUT2D eigenvalue weighted by Gasteiger charge is -2.12. The fourth-order valence-electron chi connectivity index (χ4n) is 1.06. The summed E-state index contributed by atoms with van der Waals surface area (Å²) in [5, 5.41) is 8.53. The first-order valence-corrected chi connectivity index (χ1v) is 6.05. The minimum atomic E-state index is -0.298. The summed E-state index contributed by atoms with van der Waals surface area (Å²) < 4.78 is 15.3. The molecule has 0 aliphatic rings. The highest BCUT2D eigenvalue weighted by Gasteiger charge is 2.03. The van der Waals surface area contributed by atoms with Crippen LogP contribution in [-0.2, 0) is 14.2 Å². The number of aliphatic hydroxyl groups is 1. The van der Waals surface area contributed by atoms with Crippen molar-refractivity contribution < 1.29 is 19.3 Å². The Morgan fingerprint density at radius 3 is 2.17 bits per heavy atom. The van der Waals surface area contributed by atoms with Crippen LogP contribution in [0.2, 0.25) is 0 Å². The number of aliphatic hydroxyl groups excluding tert-OH is 1. The van der Waals surface area contributed by atoms with Gasteiger partial charge in [0.25, 0.3) is 0 Å². The van der Waals surface area contributed by atoms with E-state index in [9.17, 15) is 0 Å². The number of hydrogen-bond acceptors (Lipinski definition) is 4. The van der Waals surface area contributed by atoms with E-state index in [1.807, 2.05) is 0 Å². The summed E-state index contributed by atoms with van der Waals surface area (Å²) in [7, 11) is 3.16. The van der Waals surface area contributed by atoms with Crippen LogP contribution in [0.1, 0.15) is 25.7 Å². The lowest BCUT2D eigenvalue weighted by molar-refractivity contribution is -0.140. The Morgan fingerprint density at radius 2 is 1.61 bits per heavy atom. The van der Waals surface area contributed by atoms with Gasteiger partial charge in [-0.1, -0.05) is 11.8 Å². The summed E-state index contributed by atoms with van der Waals surface area (Å²) in [4.78, 5) is 0. The summed E-state index contributed by atoms with van der Waals surface area (Å²) in [5.74, 6) is 11.3. The van der Waals surface area contributed by atoms with Crippen molar-refractivity contribution in [2.75, 3.05) is 34.0 Å². The largest absolute Gasteiger partial charge is 0.396 e. The molecule has 0 radical (unpaired) electrons. The topological polar surface area (TPSA) is 47.9 Å². The van der Waals surface area contributed by atoms with Crippen LogP contribution >= 0.6 is 0 Å². The quantitative estimate of drug-likeness (QED) is 0.381. The molecule has 0 saturated carbocycles. The van der Waals surface area contributed by atoms with Gasteiger partial charge in [0.05, 0.1) is 6.61 Å². The Kier molecular flexibility index (Phi) is 13.2. The van der Waals surface area contributed by atoms with Crippen LogP contribution in [0.5, 0.6) is 0 Å². The maximum atomic E-state index is 8.53. The van der Waals surface area contributed by atoms with Crippen LogP contribution in [0.4, 0.5) is 0 Å². The van der Waals surface area contributed by atoms with Crippen molar-refractivity contribution in [3.05, 3.63) is 0 Å². The van der Waals surface area contributed by atoms with E-state index in [0.29, 0.717) is 26.1 Å². The van der Waals surface area contributed by atoms with Crippen molar-refractivity contribution in [1.82, 2.24) is 0 Å². The van der Waals surface area contributed by atoms with Gasteiger partial charge in [0, 0.05) is 40.3 Å². The van der Waals surface area contributed by atoms with E-state index in [-0.39, 0.29) is 12.9 Å². The van der Waals surface area contributed by atoms with Gasteiger partial charge in [-0.3, -0.25) is 0 Å². The van der Waals surface area contributed by atoms with Crippen molar-refractivity contribution in [2.45, 2.75) is 32.0 Å². The molecule has 0 heterocycles. The predicted molar refractivity (Wildman–Crippen MR) is 69.7 cm³/mol. The van der Waals surface area contributed by atoms with Crippen LogP contribution in [0.25, 0.3) is 0 Å². The number of unbranched alkanes of at least 4 members (excludes halogenated alkanes) is 2. The average Bonchev–Trinajstić information content (AvgIpc) is 2.40. The molecule has 0 fully saturated rings. The molecule has 0 rings (SSSR count). The SMILES string of the molecule is COC(COCCCC#CC#CCCCO)OC. The molecule has 4 nitrogen and oxygen atoms in total. The second-order valence-electron chi connectivity index (χ2n) is 3.51. The molecule has 0 aromatic rings. The molecule has 0 aliphatic heterocycles. The van der Waals surface area contributed by atoms with Crippen LogP contribution in [0, 0.1) is 23.7 Å². The van der Waals surface area contributed by atoms with Crippen molar-refractivity contribution >= 4 is 0 Å². The number of methoxy groups -OCH3 is 2. The number of rotatable bonds is 9. The zero-order chi connectivity index (χ0) is 13.5. The molecule has 0 bridgehead atoms. The highest BCUT2D eigenvalue weighted by Crippen LogP contribution is 1.94. The van der Waals surface area contributed by atoms with E-state index in [1.54, 1.807) is 14.2 Å². The van der Waals surface area contributed by atoms with Crippen LogP contribution in [0.15, 0.2) is 0 Å². The van der Waals surface area contributed by atoms with Crippen molar-refractivity contribution in [3.63, 3.8) is 0 Å². The second kappa shape index (κ2) is 14.0. The summed E-state index contributed by atoms with van der Waals surface area (Å²) in [6, 6.07) is 0. The monoisotopic (exact) mass is 254 g/mol. The lowest BCUT2D eigenvalue weighted by atomic mass is 10.3. The van der Waals surface area contributed by atoms with E-state index in [1.165, 1.54) is 0 Å². The maximum Gasteiger partial charge on any atom is 0.180 e. The summed E-state index contributed by atoms with van der Waals surface area (Å²) in [6.07, 6.45) is 2.74. The minimum Gasteiger partial charge on any atom is -0.396 e. The molecule has 0 aromatic heterocycles. The highest BCUT2D eigenvalue weighted by atomic mass is 16.7. The first-order chi connectivity index (χ1) is 8.85. The van der Waals surface area contributed by atoms with E-state index in [0.717, 1.165) is 12.8 Å². The van der Waals surface area contributed by atoms with E-state index >= 15 is 0 Å². The molecule has 1 N–H and O–H groups in total. The van der Waals surface area contributed by atoms with Gasteiger partial charge in [-0.15, -0.1) is 0 Å². The minimum absolute atomic E-state index is 0.184. The number of ether oxygens (including phenoxy) is 3. The van der Waals surface area contributed by atoms with Crippen molar-refractivity contribution in [3.8, 4) is 23.7 Å². The first-order valence-electron chi connectivity index (χ1n) is 6.05. The second-order valence-corrected chi connectivity index (χ2v) is 3.51. The van der Waals surface area contributed by atoms with Crippen molar-refractivity contribution in [2.24, 2.45) is 0 Å². The Balaban J connectivity index is 3.39. The lowest BCUT2D eigenvalue weighted by Crippen LogP contribution is -2.20. The van der Waals surface area contributed by atoms with Gasteiger partial charge >= 0.3 is 0 Å². The van der Waals surface area contributed by atoms with Crippen LogP contribution in [0.3, 0.4) is 0 Å². The normalized spacial score (nSPS) is 9.56. The summed E-state index contributed by atoms with van der Waals surface area (Å²) in [5.41, 5.74) is 0. The predicted octanol–water partition coefficient (Wildman–Crippen LogP) is 1.18. The van der Waals surface area contributed by atoms with Gasteiger partial charge in [0.15, 0.2) is 6.29 Å². The Hall–Kier alpha value is -1.04. The van der Waals surface area contributed by atoms with Crippen LogP contribution in [-0.4, -0.2) is 45.4 Å². The molecular weight excluding hydrogens is 232 g/mol. The van der Waals surface area contributed by atoms with Gasteiger partial charge in [-0.25, -0.2) is 0 Å². The van der Waals surface area contributed by atoms with E-state index in [4.69, 9.17) is 19.3 Å². The van der Waals surface area contributed by atoms with Gasteiger partial charge in [0.1, 0.15) is 0 Å². The Labute approximate surface area is 110 Å². The maximum absolute atomic E-state index is 8.53. The fraction of sp³-hybridized carbons (Fsp3) is 0.714. The molecule has 102 valence electrons. The van der Waals surface area contributed by atoms with Gasteiger partial charge in [-0.05, 0) is 24.7 Å². The van der Waals surface area contributed by atoms with Crippen molar-refractivity contribution in [1.29, 1.82) is 0 Å². The van der Waals surface area contributed by atoms with Gasteiger partial charge < -0.3 is 19.3 Å². The Morgan fingerprint density at radius 1 is 1.00 bits per heavy atom. The molecule has 0 saturated heterocycles. The molecule has 0 amide bonds. The third kappa shape index (κ3) is 11.4. The summed E-state index contributed by atoms with van der Waals surface area (Å²) >= 11 is 0. The Bertz CT molecular complexity index is 288. The standard InChI is InChI=1S/C14H22O4/c1-16-14(17-2)13-18-12-10-8-6-4-3-5-7-9-11-15/h14-15H,7-13H2,1-2H3. The molecule has 0 aromatic carbocycles. The van der Waals surface area contributed by atoms with E-state index in [2.05, 4.69) is 23.7 Å². The van der Waals surface area contributed by atoms with Gasteiger partial charge in [-0.2, -0.15) is 0 Å². The molecule has 0 atom stereocenters. The molecule has 4 heteroatoms. The van der Waals surface area contributed by atoms with E-state index < -0.39 is 0 Å². The molecule has 0 unspecified atom stereocenters. The number of hydrogen-bond donors (Lipinski definition) is 1. The molecule has 0 aliphatic carbocycles. The fourth-order valence-corrected chi connectivity index (χ4v) is 1.06. The first kappa shape index (κ1) is 17.0. The zero-order valence-corrected chi connectivity index (χ0v) is 11.2. The molecular formula is C14H22O4. The zero-order valence-electron chi connectivity index (χ0n) is 11.2. The highest BCUT2D eigenvalue weighted by molar-refractivity contribution is 5.25. The molecule has 0 spiro atoms. The smallest absolute Gasteiger partial charge is 0.180 e.